The van der Waals surface area contributed by atoms with E-state index < -0.39 is 5.97 Å². The first-order valence-corrected chi connectivity index (χ1v) is 6.27. The maximum atomic E-state index is 11.7. The normalized spacial score (nSPS) is 22.4. The summed E-state index contributed by atoms with van der Waals surface area (Å²) in [6, 6.07) is 0.199. The average molecular weight is 242 g/mol. The van der Waals surface area contributed by atoms with Gasteiger partial charge < -0.3 is 10.4 Å². The van der Waals surface area contributed by atoms with E-state index in [9.17, 15) is 9.59 Å². The Morgan fingerprint density at radius 3 is 2.76 bits per heavy atom. The molecule has 5 heteroatoms. The van der Waals surface area contributed by atoms with Gasteiger partial charge in [0.25, 0.3) is 0 Å². The number of likely N-dealkylation sites (tertiary alicyclic amines) is 1. The molecule has 17 heavy (non-hydrogen) atoms. The molecule has 0 aromatic rings. The summed E-state index contributed by atoms with van der Waals surface area (Å²) in [4.78, 5) is 24.3. The lowest BCUT2D eigenvalue weighted by atomic mass is 10.1. The number of nitrogens with zero attached hydrogens (tertiary/aromatic N) is 1. The highest BCUT2D eigenvalue weighted by Gasteiger charge is 2.28. The molecular weight excluding hydrogens is 220 g/mol. The maximum absolute atomic E-state index is 11.7. The molecule has 0 spiro atoms. The topological polar surface area (TPSA) is 69.6 Å². The van der Waals surface area contributed by atoms with Gasteiger partial charge in [0.15, 0.2) is 0 Å². The number of carboxylic acids is 1. The molecular formula is C12H22N2O3. The Balaban J connectivity index is 2.26. The number of carbonyl (C=O) groups is 2. The number of hydrogen-bond acceptors (Lipinski definition) is 3. The first-order chi connectivity index (χ1) is 8.02. The molecule has 1 aliphatic heterocycles. The van der Waals surface area contributed by atoms with Crippen LogP contribution < -0.4 is 5.32 Å². The zero-order valence-electron chi connectivity index (χ0n) is 10.6. The fourth-order valence-corrected chi connectivity index (χ4v) is 2.21. The predicted molar refractivity (Wildman–Crippen MR) is 64.7 cm³/mol. The predicted octanol–water partition coefficient (Wildman–Crippen LogP) is 0.698. The Kier molecular flexibility index (Phi) is 5.41. The largest absolute Gasteiger partial charge is 0.481 e. The van der Waals surface area contributed by atoms with Crippen LogP contribution in [0.25, 0.3) is 0 Å². The number of aliphatic carboxylic acids is 1. The minimum atomic E-state index is -0.757. The SMILES string of the molecule is CCCC(C)NC(=O)CN1CCC(C(=O)O)C1. The zero-order valence-corrected chi connectivity index (χ0v) is 10.6. The second-order valence-corrected chi connectivity index (χ2v) is 4.82. The molecule has 1 fully saturated rings. The smallest absolute Gasteiger partial charge is 0.307 e. The van der Waals surface area contributed by atoms with Crippen LogP contribution in [0.5, 0.6) is 0 Å². The van der Waals surface area contributed by atoms with Gasteiger partial charge in [0.2, 0.25) is 5.91 Å². The molecule has 98 valence electrons. The average Bonchev–Trinajstić information content (AvgIpc) is 2.66. The lowest BCUT2D eigenvalue weighted by Gasteiger charge is -2.17. The number of nitrogens with one attached hydrogen (secondary N) is 1. The summed E-state index contributed by atoms with van der Waals surface area (Å²) in [7, 11) is 0. The molecule has 1 heterocycles. The van der Waals surface area contributed by atoms with Crippen LogP contribution in [0.3, 0.4) is 0 Å². The highest BCUT2D eigenvalue weighted by Crippen LogP contribution is 2.15. The van der Waals surface area contributed by atoms with Crippen LogP contribution in [0, 0.1) is 5.92 Å². The first-order valence-electron chi connectivity index (χ1n) is 6.27. The monoisotopic (exact) mass is 242 g/mol. The zero-order chi connectivity index (χ0) is 12.8. The minimum Gasteiger partial charge on any atom is -0.481 e. The maximum Gasteiger partial charge on any atom is 0.307 e. The first kappa shape index (κ1) is 14.0. The second-order valence-electron chi connectivity index (χ2n) is 4.82. The van der Waals surface area contributed by atoms with Crippen molar-refractivity contribution in [2.24, 2.45) is 5.92 Å². The molecule has 2 unspecified atom stereocenters. The lowest BCUT2D eigenvalue weighted by Crippen LogP contribution is -2.40. The molecule has 1 saturated heterocycles. The van der Waals surface area contributed by atoms with Crippen LogP contribution in [0.1, 0.15) is 33.1 Å². The molecule has 0 aromatic carbocycles. The van der Waals surface area contributed by atoms with Gasteiger partial charge in [-0.25, -0.2) is 0 Å². The molecule has 0 radical (unpaired) electrons. The molecule has 0 bridgehead atoms. The summed E-state index contributed by atoms with van der Waals surface area (Å²) in [6.45, 7) is 5.58. The van der Waals surface area contributed by atoms with Crippen molar-refractivity contribution in [3.05, 3.63) is 0 Å². The van der Waals surface area contributed by atoms with Crippen LogP contribution in [-0.4, -0.2) is 47.6 Å². The van der Waals surface area contributed by atoms with Crippen LogP contribution in [0.15, 0.2) is 0 Å². The third kappa shape index (κ3) is 4.73. The van der Waals surface area contributed by atoms with E-state index in [4.69, 9.17) is 5.11 Å². The fourth-order valence-electron chi connectivity index (χ4n) is 2.21. The van der Waals surface area contributed by atoms with Crippen LogP contribution >= 0.6 is 0 Å². The standard InChI is InChI=1S/C12H22N2O3/c1-3-4-9(2)13-11(15)8-14-6-5-10(7-14)12(16)17/h9-10H,3-8H2,1-2H3,(H,13,15)(H,16,17). The van der Waals surface area contributed by atoms with Gasteiger partial charge in [0.05, 0.1) is 12.5 Å². The summed E-state index contributed by atoms with van der Waals surface area (Å²) in [5.74, 6) is -1.07. The molecule has 1 amide bonds. The van der Waals surface area contributed by atoms with Crippen LogP contribution in [-0.2, 0) is 9.59 Å². The quantitative estimate of drug-likeness (QED) is 0.719. The van der Waals surface area contributed by atoms with E-state index in [2.05, 4.69) is 12.2 Å². The van der Waals surface area contributed by atoms with E-state index >= 15 is 0 Å². The summed E-state index contributed by atoms with van der Waals surface area (Å²) >= 11 is 0. The van der Waals surface area contributed by atoms with Crippen LogP contribution in [0.4, 0.5) is 0 Å². The van der Waals surface area contributed by atoms with Crippen molar-refractivity contribution in [2.75, 3.05) is 19.6 Å². The van der Waals surface area contributed by atoms with Crippen molar-refractivity contribution in [2.45, 2.75) is 39.2 Å². The van der Waals surface area contributed by atoms with Crippen molar-refractivity contribution in [1.29, 1.82) is 0 Å². The third-order valence-corrected chi connectivity index (χ3v) is 3.12. The summed E-state index contributed by atoms with van der Waals surface area (Å²) in [5, 5.41) is 11.8. The molecule has 1 rings (SSSR count). The van der Waals surface area contributed by atoms with Gasteiger partial charge in [-0.2, -0.15) is 0 Å². The number of amides is 1. The summed E-state index contributed by atoms with van der Waals surface area (Å²) in [5.41, 5.74) is 0. The molecule has 5 nitrogen and oxygen atoms in total. The molecule has 1 aliphatic rings. The molecule has 2 atom stereocenters. The molecule has 0 aromatic heterocycles. The second kappa shape index (κ2) is 6.59. The van der Waals surface area contributed by atoms with Crippen molar-refractivity contribution in [3.8, 4) is 0 Å². The summed E-state index contributed by atoms with van der Waals surface area (Å²) in [6.07, 6.45) is 2.67. The van der Waals surface area contributed by atoms with Gasteiger partial charge in [-0.15, -0.1) is 0 Å². The van der Waals surface area contributed by atoms with Crippen molar-refractivity contribution >= 4 is 11.9 Å². The number of hydrogen-bond donors (Lipinski definition) is 2. The van der Waals surface area contributed by atoms with Crippen molar-refractivity contribution in [1.82, 2.24) is 10.2 Å². The van der Waals surface area contributed by atoms with E-state index in [-0.39, 0.29) is 17.9 Å². The van der Waals surface area contributed by atoms with E-state index in [0.717, 1.165) is 12.8 Å². The highest BCUT2D eigenvalue weighted by molar-refractivity contribution is 5.78. The minimum absolute atomic E-state index is 0.00279. The Bertz CT molecular complexity index is 281. The molecule has 0 aliphatic carbocycles. The van der Waals surface area contributed by atoms with Gasteiger partial charge in [-0.05, 0) is 26.3 Å². The van der Waals surface area contributed by atoms with E-state index in [0.29, 0.717) is 26.1 Å². The van der Waals surface area contributed by atoms with Crippen molar-refractivity contribution < 1.29 is 14.7 Å². The van der Waals surface area contributed by atoms with Gasteiger partial charge >= 0.3 is 5.97 Å². The summed E-state index contributed by atoms with van der Waals surface area (Å²) < 4.78 is 0. The number of carbonyl (C=O) groups excluding carboxylic acids is 1. The van der Waals surface area contributed by atoms with Crippen molar-refractivity contribution in [3.63, 3.8) is 0 Å². The molecule has 0 saturated carbocycles. The Morgan fingerprint density at radius 2 is 2.24 bits per heavy atom. The molecule has 2 N–H and O–H groups in total. The van der Waals surface area contributed by atoms with E-state index in [1.165, 1.54) is 0 Å². The lowest BCUT2D eigenvalue weighted by molar-refractivity contribution is -0.141. The third-order valence-electron chi connectivity index (χ3n) is 3.12. The Morgan fingerprint density at radius 1 is 1.53 bits per heavy atom. The Labute approximate surface area is 102 Å². The van der Waals surface area contributed by atoms with Gasteiger partial charge in [0, 0.05) is 12.6 Å². The van der Waals surface area contributed by atoms with Crippen LogP contribution in [0.2, 0.25) is 0 Å². The van der Waals surface area contributed by atoms with E-state index in [1.54, 1.807) is 0 Å². The Hall–Kier alpha value is -1.10. The highest BCUT2D eigenvalue weighted by atomic mass is 16.4. The van der Waals surface area contributed by atoms with E-state index in [1.807, 2.05) is 11.8 Å². The van der Waals surface area contributed by atoms with Gasteiger partial charge in [-0.1, -0.05) is 13.3 Å². The number of rotatable bonds is 6. The van der Waals surface area contributed by atoms with Gasteiger partial charge in [0.1, 0.15) is 0 Å². The number of carboxylic acid groups (broad SMARTS) is 1. The fraction of sp³-hybridized carbons (Fsp3) is 0.833. The van der Waals surface area contributed by atoms with Gasteiger partial charge in [-0.3, -0.25) is 14.5 Å².